The maximum absolute atomic E-state index is 13.5. The van der Waals surface area contributed by atoms with Crippen molar-refractivity contribution in [2.75, 3.05) is 17.3 Å². The summed E-state index contributed by atoms with van der Waals surface area (Å²) in [7, 11) is 1.61. The summed E-state index contributed by atoms with van der Waals surface area (Å²) in [4.78, 5) is 19.8. The van der Waals surface area contributed by atoms with E-state index in [2.05, 4.69) is 10.3 Å². The summed E-state index contributed by atoms with van der Waals surface area (Å²) in [6, 6.07) is 25.2. The first-order valence-corrected chi connectivity index (χ1v) is 9.43. The minimum absolute atomic E-state index is 0.0741. The summed E-state index contributed by atoms with van der Waals surface area (Å²) in [5.74, 6) is 0.570. The van der Waals surface area contributed by atoms with E-state index in [-0.39, 0.29) is 12.1 Å². The number of fused-ring (bicyclic) bond motifs is 2. The van der Waals surface area contributed by atoms with Gasteiger partial charge in [0.05, 0.1) is 23.9 Å². The molecule has 0 saturated carbocycles. The number of carbonyl (C=O) groups excluding carboxylic acids is 1. The second-order valence-electron chi connectivity index (χ2n) is 6.90. The van der Waals surface area contributed by atoms with Gasteiger partial charge in [0.2, 0.25) is 0 Å². The Hall–Kier alpha value is -3.86. The van der Waals surface area contributed by atoms with Crippen LogP contribution in [-0.4, -0.2) is 18.0 Å². The highest BCUT2D eigenvalue weighted by Crippen LogP contribution is 2.40. The first-order chi connectivity index (χ1) is 14.3. The van der Waals surface area contributed by atoms with Crippen LogP contribution < -0.4 is 15.0 Å². The number of methoxy groups -OCH3 is 1. The standard InChI is InChI=1S/C24H19N3O2/c1-29-22-11-5-4-10-21(22)27-23(26-19-9-3-2-8-18(19)24(27)28)17-13-12-16-7-6-14-25-20(16)15-17/h2-15,23,26H,1H3/t23-/m0/s1. The Morgan fingerprint density at radius 1 is 0.966 bits per heavy atom. The Morgan fingerprint density at radius 3 is 2.69 bits per heavy atom. The van der Waals surface area contributed by atoms with E-state index in [0.29, 0.717) is 17.0 Å². The van der Waals surface area contributed by atoms with Crippen LogP contribution in [0.5, 0.6) is 5.75 Å². The number of nitrogens with one attached hydrogen (secondary N) is 1. The number of carbonyl (C=O) groups is 1. The molecule has 4 aromatic rings. The number of hydrogen-bond acceptors (Lipinski definition) is 4. The molecule has 1 N–H and O–H groups in total. The van der Waals surface area contributed by atoms with Crippen LogP contribution in [0, 0.1) is 0 Å². The third kappa shape index (κ3) is 2.88. The molecule has 0 bridgehead atoms. The second kappa shape index (κ2) is 6.95. The number of para-hydroxylation sites is 3. The Balaban J connectivity index is 1.70. The van der Waals surface area contributed by atoms with Crippen molar-refractivity contribution >= 4 is 28.2 Å². The second-order valence-corrected chi connectivity index (χ2v) is 6.90. The quantitative estimate of drug-likeness (QED) is 0.542. The molecule has 5 rings (SSSR count). The molecular formula is C24H19N3O2. The molecule has 2 heterocycles. The number of aromatic nitrogens is 1. The summed E-state index contributed by atoms with van der Waals surface area (Å²) in [5.41, 5.74) is 4.00. The molecule has 0 radical (unpaired) electrons. The van der Waals surface area contributed by atoms with E-state index >= 15 is 0 Å². The number of amides is 1. The summed E-state index contributed by atoms with van der Waals surface area (Å²) in [5, 5.41) is 4.59. The molecule has 0 aliphatic carbocycles. The van der Waals surface area contributed by atoms with Crippen molar-refractivity contribution in [2.24, 2.45) is 0 Å². The van der Waals surface area contributed by atoms with E-state index < -0.39 is 0 Å². The molecular weight excluding hydrogens is 362 g/mol. The highest BCUT2D eigenvalue weighted by molar-refractivity contribution is 6.12. The van der Waals surface area contributed by atoms with Gasteiger partial charge in [-0.2, -0.15) is 0 Å². The van der Waals surface area contributed by atoms with Gasteiger partial charge >= 0.3 is 0 Å². The van der Waals surface area contributed by atoms with E-state index in [0.717, 1.165) is 22.2 Å². The van der Waals surface area contributed by atoms with Crippen LogP contribution in [-0.2, 0) is 0 Å². The minimum atomic E-state index is -0.389. The Kier molecular flexibility index (Phi) is 4.13. The number of pyridine rings is 1. The van der Waals surface area contributed by atoms with Crippen molar-refractivity contribution in [3.63, 3.8) is 0 Å². The smallest absolute Gasteiger partial charge is 0.262 e. The highest BCUT2D eigenvalue weighted by atomic mass is 16.5. The number of ether oxygens (including phenoxy) is 1. The van der Waals surface area contributed by atoms with Gasteiger partial charge in [-0.25, -0.2) is 0 Å². The van der Waals surface area contributed by atoms with Crippen molar-refractivity contribution in [3.05, 3.63) is 96.2 Å². The third-order valence-corrected chi connectivity index (χ3v) is 5.22. The zero-order valence-electron chi connectivity index (χ0n) is 15.9. The monoisotopic (exact) mass is 381 g/mol. The van der Waals surface area contributed by atoms with Crippen LogP contribution >= 0.6 is 0 Å². The average Bonchev–Trinajstić information content (AvgIpc) is 2.79. The molecule has 0 fully saturated rings. The fraction of sp³-hybridized carbons (Fsp3) is 0.0833. The Labute approximate surface area is 168 Å². The molecule has 1 aliphatic rings. The molecule has 0 spiro atoms. The van der Waals surface area contributed by atoms with E-state index in [1.54, 1.807) is 18.2 Å². The lowest BCUT2D eigenvalue weighted by Crippen LogP contribution is -2.43. The highest BCUT2D eigenvalue weighted by Gasteiger charge is 2.35. The number of benzene rings is 3. The van der Waals surface area contributed by atoms with Crippen molar-refractivity contribution in [1.29, 1.82) is 0 Å². The van der Waals surface area contributed by atoms with Crippen molar-refractivity contribution in [3.8, 4) is 5.75 Å². The van der Waals surface area contributed by atoms with Crippen LogP contribution in [0.3, 0.4) is 0 Å². The molecule has 5 heteroatoms. The Morgan fingerprint density at radius 2 is 1.79 bits per heavy atom. The van der Waals surface area contributed by atoms with E-state index in [4.69, 9.17) is 4.74 Å². The molecule has 1 atom stereocenters. The molecule has 5 nitrogen and oxygen atoms in total. The summed E-state index contributed by atoms with van der Waals surface area (Å²) < 4.78 is 5.56. The van der Waals surface area contributed by atoms with Gasteiger partial charge in [0.15, 0.2) is 0 Å². The fourth-order valence-corrected chi connectivity index (χ4v) is 3.82. The van der Waals surface area contributed by atoms with Gasteiger partial charge in [0, 0.05) is 17.3 Å². The van der Waals surface area contributed by atoms with Crippen LogP contribution in [0.25, 0.3) is 10.9 Å². The molecule has 1 aliphatic heterocycles. The minimum Gasteiger partial charge on any atom is -0.495 e. The summed E-state index contributed by atoms with van der Waals surface area (Å²) in [6.45, 7) is 0. The fourth-order valence-electron chi connectivity index (χ4n) is 3.82. The molecule has 1 amide bonds. The van der Waals surface area contributed by atoms with Gasteiger partial charge in [-0.05, 0) is 42.0 Å². The van der Waals surface area contributed by atoms with Crippen LogP contribution in [0.4, 0.5) is 11.4 Å². The topological polar surface area (TPSA) is 54.5 Å². The molecule has 0 saturated heterocycles. The van der Waals surface area contributed by atoms with Crippen molar-refractivity contribution in [1.82, 2.24) is 4.98 Å². The Bertz CT molecular complexity index is 1220. The zero-order chi connectivity index (χ0) is 19.8. The first kappa shape index (κ1) is 17.3. The molecule has 3 aromatic carbocycles. The van der Waals surface area contributed by atoms with Gasteiger partial charge in [-0.1, -0.05) is 42.5 Å². The van der Waals surface area contributed by atoms with Gasteiger partial charge in [-0.15, -0.1) is 0 Å². The van der Waals surface area contributed by atoms with Crippen LogP contribution in [0.15, 0.2) is 85.1 Å². The zero-order valence-corrected chi connectivity index (χ0v) is 15.9. The van der Waals surface area contributed by atoms with Crippen LogP contribution in [0.1, 0.15) is 22.1 Å². The van der Waals surface area contributed by atoms with E-state index in [9.17, 15) is 4.79 Å². The average molecular weight is 381 g/mol. The van der Waals surface area contributed by atoms with Crippen molar-refractivity contribution < 1.29 is 9.53 Å². The summed E-state index contributed by atoms with van der Waals surface area (Å²) >= 11 is 0. The normalized spacial score (nSPS) is 15.7. The largest absolute Gasteiger partial charge is 0.495 e. The number of nitrogens with zero attached hydrogens (tertiary/aromatic N) is 2. The number of anilines is 2. The predicted octanol–water partition coefficient (Wildman–Crippen LogP) is 5.01. The number of rotatable bonds is 3. The van der Waals surface area contributed by atoms with E-state index in [1.165, 1.54) is 0 Å². The molecule has 142 valence electrons. The SMILES string of the molecule is COc1ccccc1N1C(=O)c2ccccc2N[C@@H]1c1ccc2cccnc2c1. The van der Waals surface area contributed by atoms with Crippen molar-refractivity contribution in [2.45, 2.75) is 6.17 Å². The van der Waals surface area contributed by atoms with Gasteiger partial charge in [-0.3, -0.25) is 14.7 Å². The lowest BCUT2D eigenvalue weighted by Gasteiger charge is -2.38. The molecule has 0 unspecified atom stereocenters. The van der Waals surface area contributed by atoms with Gasteiger partial charge < -0.3 is 10.1 Å². The maximum Gasteiger partial charge on any atom is 0.262 e. The van der Waals surface area contributed by atoms with Crippen LogP contribution in [0.2, 0.25) is 0 Å². The maximum atomic E-state index is 13.5. The van der Waals surface area contributed by atoms with Gasteiger partial charge in [0.1, 0.15) is 11.9 Å². The molecule has 1 aromatic heterocycles. The lowest BCUT2D eigenvalue weighted by molar-refractivity contribution is 0.0974. The first-order valence-electron chi connectivity index (χ1n) is 9.43. The summed E-state index contributed by atoms with van der Waals surface area (Å²) in [6.07, 6.45) is 1.39. The number of hydrogen-bond donors (Lipinski definition) is 1. The van der Waals surface area contributed by atoms with Gasteiger partial charge in [0.25, 0.3) is 5.91 Å². The van der Waals surface area contributed by atoms with E-state index in [1.807, 2.05) is 78.9 Å². The molecule has 29 heavy (non-hydrogen) atoms. The third-order valence-electron chi connectivity index (χ3n) is 5.22. The lowest BCUT2D eigenvalue weighted by atomic mass is 10.0. The predicted molar refractivity (Wildman–Crippen MR) is 114 cm³/mol.